The van der Waals surface area contributed by atoms with Crippen molar-refractivity contribution in [3.63, 3.8) is 0 Å². The van der Waals surface area contributed by atoms with Gasteiger partial charge in [-0.25, -0.2) is 9.67 Å². The zero-order valence-electron chi connectivity index (χ0n) is 10.4. The first-order valence-corrected chi connectivity index (χ1v) is 6.57. The summed E-state index contributed by atoms with van der Waals surface area (Å²) in [6.07, 6.45) is 1.77. The Morgan fingerprint density at radius 3 is 2.94 bits per heavy atom. The summed E-state index contributed by atoms with van der Waals surface area (Å²) in [5, 5.41) is 4.07. The van der Waals surface area contributed by atoms with Gasteiger partial charge in [-0.3, -0.25) is 4.79 Å². The van der Waals surface area contributed by atoms with Crippen molar-refractivity contribution in [2.75, 3.05) is 0 Å². The first-order valence-electron chi connectivity index (χ1n) is 5.78. The van der Waals surface area contributed by atoms with Crippen LogP contribution in [-0.4, -0.2) is 20.5 Å². The fraction of sp³-hybridized carbons (Fsp3) is 0.308. The Hall–Kier alpha value is -1.49. The number of ketones is 1. The summed E-state index contributed by atoms with van der Waals surface area (Å²) in [6.45, 7) is 4.64. The molecule has 4 nitrogen and oxygen atoms in total. The maximum absolute atomic E-state index is 12.3. The molecule has 0 bridgehead atoms. The number of Topliss-reactive ketones (excluding diaryl/α,β-unsaturated/α-hetero) is 1. The molecular weight excluding hydrogens is 294 g/mol. The van der Waals surface area contributed by atoms with Crippen LogP contribution in [0.2, 0.25) is 0 Å². The highest BCUT2D eigenvalue weighted by molar-refractivity contribution is 9.10. The van der Waals surface area contributed by atoms with Gasteiger partial charge >= 0.3 is 0 Å². The van der Waals surface area contributed by atoms with Crippen LogP contribution in [0.25, 0.3) is 0 Å². The van der Waals surface area contributed by atoms with Gasteiger partial charge in [0.05, 0.1) is 6.42 Å². The average molecular weight is 308 g/mol. The van der Waals surface area contributed by atoms with Crippen molar-refractivity contribution < 1.29 is 4.79 Å². The molecule has 0 saturated heterocycles. The van der Waals surface area contributed by atoms with Crippen LogP contribution in [0.3, 0.4) is 0 Å². The third-order valence-electron chi connectivity index (χ3n) is 2.81. The lowest BCUT2D eigenvalue weighted by Crippen LogP contribution is -2.11. The van der Waals surface area contributed by atoms with Crippen LogP contribution in [0.1, 0.15) is 28.7 Å². The number of aryl methyl sites for hydroxylation is 2. The minimum absolute atomic E-state index is 0.0662. The van der Waals surface area contributed by atoms with E-state index in [0.29, 0.717) is 5.82 Å². The quantitative estimate of drug-likeness (QED) is 0.816. The number of rotatable bonds is 4. The SMILES string of the molecule is CCn1ncnc1CC(=O)c1cc(Br)ccc1C. The molecule has 1 heterocycles. The first-order chi connectivity index (χ1) is 8.61. The molecule has 5 heteroatoms. The number of benzene rings is 1. The Bertz CT molecular complexity index is 577. The molecule has 0 aliphatic heterocycles. The number of nitrogens with zero attached hydrogens (tertiary/aromatic N) is 3. The van der Waals surface area contributed by atoms with Gasteiger partial charge in [0, 0.05) is 16.6 Å². The lowest BCUT2D eigenvalue weighted by molar-refractivity contribution is 0.0988. The number of carbonyl (C=O) groups is 1. The van der Waals surface area contributed by atoms with E-state index < -0.39 is 0 Å². The van der Waals surface area contributed by atoms with Gasteiger partial charge in [0.1, 0.15) is 12.2 Å². The first kappa shape index (κ1) is 13.0. The van der Waals surface area contributed by atoms with E-state index in [1.165, 1.54) is 6.33 Å². The van der Waals surface area contributed by atoms with Crippen LogP contribution in [-0.2, 0) is 13.0 Å². The Morgan fingerprint density at radius 1 is 1.44 bits per heavy atom. The zero-order chi connectivity index (χ0) is 13.1. The average Bonchev–Trinajstić information content (AvgIpc) is 2.79. The predicted molar refractivity (Wildman–Crippen MR) is 72.6 cm³/mol. The summed E-state index contributed by atoms with van der Waals surface area (Å²) in [6, 6.07) is 5.72. The molecule has 0 spiro atoms. The minimum atomic E-state index is 0.0662. The molecule has 0 unspecified atom stereocenters. The van der Waals surface area contributed by atoms with Crippen LogP contribution < -0.4 is 0 Å². The molecule has 94 valence electrons. The van der Waals surface area contributed by atoms with E-state index in [2.05, 4.69) is 26.0 Å². The van der Waals surface area contributed by atoms with Crippen molar-refractivity contribution in [2.45, 2.75) is 26.8 Å². The lowest BCUT2D eigenvalue weighted by Gasteiger charge is -2.06. The summed E-state index contributed by atoms with van der Waals surface area (Å²) in [7, 11) is 0. The monoisotopic (exact) mass is 307 g/mol. The number of aromatic nitrogens is 3. The second kappa shape index (κ2) is 5.44. The van der Waals surface area contributed by atoms with Crippen molar-refractivity contribution in [3.8, 4) is 0 Å². The van der Waals surface area contributed by atoms with E-state index in [1.807, 2.05) is 32.0 Å². The van der Waals surface area contributed by atoms with Gasteiger partial charge in [-0.15, -0.1) is 0 Å². The van der Waals surface area contributed by atoms with Crippen LogP contribution in [0.4, 0.5) is 0 Å². The number of hydrogen-bond donors (Lipinski definition) is 0. The molecule has 0 atom stereocenters. The molecule has 0 aliphatic rings. The van der Waals surface area contributed by atoms with E-state index in [0.717, 1.165) is 22.1 Å². The van der Waals surface area contributed by atoms with Crippen molar-refractivity contribution in [2.24, 2.45) is 0 Å². The minimum Gasteiger partial charge on any atom is -0.294 e. The van der Waals surface area contributed by atoms with Crippen molar-refractivity contribution in [1.29, 1.82) is 0 Å². The molecular formula is C13H14BrN3O. The third-order valence-corrected chi connectivity index (χ3v) is 3.31. The topological polar surface area (TPSA) is 47.8 Å². The Labute approximate surface area is 114 Å². The van der Waals surface area contributed by atoms with Crippen LogP contribution in [0, 0.1) is 6.92 Å². The zero-order valence-corrected chi connectivity index (χ0v) is 11.9. The summed E-state index contributed by atoms with van der Waals surface area (Å²) in [5.74, 6) is 0.776. The second-order valence-corrected chi connectivity index (χ2v) is 4.97. The Balaban J connectivity index is 2.25. The van der Waals surface area contributed by atoms with Crippen LogP contribution in [0.5, 0.6) is 0 Å². The van der Waals surface area contributed by atoms with E-state index >= 15 is 0 Å². The summed E-state index contributed by atoms with van der Waals surface area (Å²) in [5.41, 5.74) is 1.71. The van der Waals surface area contributed by atoms with Crippen molar-refractivity contribution in [3.05, 3.63) is 46.0 Å². The van der Waals surface area contributed by atoms with Gasteiger partial charge in [0.25, 0.3) is 0 Å². The number of halogens is 1. The maximum atomic E-state index is 12.3. The van der Waals surface area contributed by atoms with E-state index in [4.69, 9.17) is 0 Å². The summed E-state index contributed by atoms with van der Waals surface area (Å²) in [4.78, 5) is 16.4. The van der Waals surface area contributed by atoms with Gasteiger partial charge < -0.3 is 0 Å². The molecule has 18 heavy (non-hydrogen) atoms. The largest absolute Gasteiger partial charge is 0.294 e. The molecule has 0 N–H and O–H groups in total. The number of carbonyl (C=O) groups excluding carboxylic acids is 1. The smallest absolute Gasteiger partial charge is 0.170 e. The van der Waals surface area contributed by atoms with Crippen LogP contribution in [0.15, 0.2) is 29.0 Å². The van der Waals surface area contributed by atoms with E-state index in [-0.39, 0.29) is 12.2 Å². The molecule has 2 aromatic rings. The van der Waals surface area contributed by atoms with Gasteiger partial charge in [0.15, 0.2) is 5.78 Å². The molecule has 2 rings (SSSR count). The second-order valence-electron chi connectivity index (χ2n) is 4.05. The fourth-order valence-electron chi connectivity index (χ4n) is 1.82. The van der Waals surface area contributed by atoms with Gasteiger partial charge in [-0.2, -0.15) is 5.10 Å². The van der Waals surface area contributed by atoms with E-state index in [9.17, 15) is 4.79 Å². The highest BCUT2D eigenvalue weighted by atomic mass is 79.9. The van der Waals surface area contributed by atoms with E-state index in [1.54, 1.807) is 4.68 Å². The van der Waals surface area contributed by atoms with Crippen molar-refractivity contribution in [1.82, 2.24) is 14.8 Å². The normalized spacial score (nSPS) is 10.6. The summed E-state index contributed by atoms with van der Waals surface area (Å²) >= 11 is 3.39. The van der Waals surface area contributed by atoms with Gasteiger partial charge in [-0.05, 0) is 31.5 Å². The summed E-state index contributed by atoms with van der Waals surface area (Å²) < 4.78 is 2.65. The highest BCUT2D eigenvalue weighted by Gasteiger charge is 2.13. The van der Waals surface area contributed by atoms with Crippen molar-refractivity contribution >= 4 is 21.7 Å². The molecule has 0 radical (unpaired) electrons. The number of hydrogen-bond acceptors (Lipinski definition) is 3. The maximum Gasteiger partial charge on any atom is 0.170 e. The third kappa shape index (κ3) is 2.67. The Kier molecular flexibility index (Phi) is 3.91. The predicted octanol–water partition coefficient (Wildman–Crippen LogP) is 2.79. The fourth-order valence-corrected chi connectivity index (χ4v) is 2.18. The molecule has 1 aromatic heterocycles. The Morgan fingerprint density at radius 2 is 2.22 bits per heavy atom. The van der Waals surface area contributed by atoms with Gasteiger partial charge in [0.2, 0.25) is 0 Å². The van der Waals surface area contributed by atoms with Crippen LogP contribution >= 0.6 is 15.9 Å². The standard InChI is InChI=1S/C13H14BrN3O/c1-3-17-13(15-8-16-17)7-12(18)11-6-10(14)5-4-9(11)2/h4-6,8H,3,7H2,1-2H3. The molecule has 0 amide bonds. The molecule has 1 aromatic carbocycles. The highest BCUT2D eigenvalue weighted by Crippen LogP contribution is 2.17. The van der Waals surface area contributed by atoms with Gasteiger partial charge in [-0.1, -0.05) is 22.0 Å². The molecule has 0 aliphatic carbocycles. The molecule has 0 fully saturated rings. The molecule has 0 saturated carbocycles. The lowest BCUT2D eigenvalue weighted by atomic mass is 10.0.